The predicted octanol–water partition coefficient (Wildman–Crippen LogP) is 11.3. The van der Waals surface area contributed by atoms with Crippen LogP contribution in [0.1, 0.15) is 137 Å². The van der Waals surface area contributed by atoms with Crippen LogP contribution in [0.2, 0.25) is 0 Å². The van der Waals surface area contributed by atoms with Gasteiger partial charge in [-0.2, -0.15) is 0 Å². The van der Waals surface area contributed by atoms with Crippen LogP contribution < -0.4 is 20.4 Å². The molecule has 4 aliphatic rings. The number of imidazole rings is 2. The SMILES string of the molecule is COC(=O)N[C@H](C(=O)N1CCC[C@H]1c1nc2cc([C@H]3CC[C@H](c4ccc5[nH]c([C@@H]6CCCN6C(=O)[C@@H](NC(=O)O)C(C)C)nc5c4)N3c3cc(F)c(N4CCC(c5cccc6ccccc56)CC4)c(F)c3)ccc2[nH]1)C(C)C. The van der Waals surface area contributed by atoms with Gasteiger partial charge in [0.15, 0.2) is 11.6 Å². The molecule has 0 bridgehead atoms. The van der Waals surface area contributed by atoms with Crippen LogP contribution in [-0.4, -0.2) is 104 Å². The van der Waals surface area contributed by atoms with Crippen LogP contribution in [0.5, 0.6) is 0 Å². The van der Waals surface area contributed by atoms with Gasteiger partial charge in [-0.25, -0.2) is 28.3 Å². The Hall–Kier alpha value is -7.76. The Bertz CT molecular complexity index is 3380. The molecule has 0 aliphatic carbocycles. The van der Waals surface area contributed by atoms with E-state index >= 15 is 8.78 Å². The molecule has 7 aromatic rings. The van der Waals surface area contributed by atoms with Gasteiger partial charge < -0.3 is 50.0 Å². The molecule has 18 heteroatoms. The van der Waals surface area contributed by atoms with Crippen LogP contribution >= 0.6 is 0 Å². The number of likely N-dealkylation sites (tertiary alicyclic amines) is 2. The number of hydrogen-bond donors (Lipinski definition) is 5. The number of H-pyrrole nitrogens is 2. The van der Waals surface area contributed by atoms with E-state index in [-0.39, 0.29) is 59.4 Å². The lowest BCUT2D eigenvalue weighted by atomic mass is 9.86. The van der Waals surface area contributed by atoms with Crippen LogP contribution in [0.15, 0.2) is 91.0 Å². The monoisotopic (exact) mass is 1060 g/mol. The first kappa shape index (κ1) is 52.3. The third kappa shape index (κ3) is 9.93. The zero-order chi connectivity index (χ0) is 54.5. The van der Waals surface area contributed by atoms with Crippen LogP contribution in [-0.2, 0) is 14.3 Å². The molecule has 0 saturated carbocycles. The smallest absolute Gasteiger partial charge is 0.407 e. The number of hydrogen-bond acceptors (Lipinski definition) is 9. The fraction of sp³-hybridized carbons (Fsp3) is 0.433. The van der Waals surface area contributed by atoms with E-state index in [1.54, 1.807) is 9.80 Å². The summed E-state index contributed by atoms with van der Waals surface area (Å²) in [6, 6.07) is 26.7. The molecule has 11 rings (SSSR count). The zero-order valence-corrected chi connectivity index (χ0v) is 44.8. The van der Waals surface area contributed by atoms with E-state index in [0.29, 0.717) is 80.2 Å². The van der Waals surface area contributed by atoms with E-state index < -0.39 is 35.9 Å². The van der Waals surface area contributed by atoms with Crippen molar-refractivity contribution in [1.29, 1.82) is 0 Å². The van der Waals surface area contributed by atoms with Crippen molar-refractivity contribution in [1.82, 2.24) is 40.4 Å². The maximum atomic E-state index is 17.0. The van der Waals surface area contributed by atoms with Crippen LogP contribution in [0.3, 0.4) is 0 Å². The van der Waals surface area contributed by atoms with Crippen LogP contribution in [0.25, 0.3) is 32.8 Å². The molecule has 2 aromatic heterocycles. The third-order valence-corrected chi connectivity index (χ3v) is 16.9. The summed E-state index contributed by atoms with van der Waals surface area (Å²) in [5, 5.41) is 17.1. The van der Waals surface area contributed by atoms with Crippen molar-refractivity contribution in [3.8, 4) is 0 Å². The number of carboxylic acid groups (broad SMARTS) is 1. The van der Waals surface area contributed by atoms with Crippen molar-refractivity contribution >= 4 is 68.2 Å². The van der Waals surface area contributed by atoms with Gasteiger partial charge in [0.05, 0.1) is 53.3 Å². The molecular weight excluding hydrogens is 995 g/mol. The number of amides is 4. The van der Waals surface area contributed by atoms with Crippen molar-refractivity contribution < 1.29 is 37.8 Å². The molecule has 4 amide bonds. The summed E-state index contributed by atoms with van der Waals surface area (Å²) in [6.07, 6.45) is 3.76. The first-order chi connectivity index (χ1) is 37.6. The summed E-state index contributed by atoms with van der Waals surface area (Å²) < 4.78 is 38.9. The summed E-state index contributed by atoms with van der Waals surface area (Å²) >= 11 is 0. The second kappa shape index (κ2) is 21.6. The number of carbonyl (C=O) groups excluding carboxylic acids is 3. The number of alkyl carbamates (subject to hydrolysis) is 1. The van der Waals surface area contributed by atoms with E-state index in [2.05, 4.69) is 61.9 Å². The average Bonchev–Trinajstić information content (AvgIpc) is 4.46. The number of methoxy groups -OCH3 is 1. The summed E-state index contributed by atoms with van der Waals surface area (Å²) in [7, 11) is 1.27. The molecule has 4 aliphatic heterocycles. The molecule has 6 heterocycles. The number of anilines is 2. The van der Waals surface area contributed by atoms with E-state index in [1.807, 2.05) is 75.1 Å². The number of aromatic nitrogens is 4. The summed E-state index contributed by atoms with van der Waals surface area (Å²) in [4.78, 5) is 76.4. The second-order valence-corrected chi connectivity index (χ2v) is 22.3. The summed E-state index contributed by atoms with van der Waals surface area (Å²) in [6.45, 7) is 9.40. The Morgan fingerprint density at radius 2 is 1.17 bits per heavy atom. The largest absolute Gasteiger partial charge is 0.465 e. The Kier molecular flexibility index (Phi) is 14.5. The lowest BCUT2D eigenvalue weighted by Crippen LogP contribution is -2.51. The highest BCUT2D eigenvalue weighted by Crippen LogP contribution is 2.49. The van der Waals surface area contributed by atoms with E-state index in [9.17, 15) is 24.3 Å². The number of benzene rings is 5. The fourth-order valence-corrected chi connectivity index (χ4v) is 13.0. The molecule has 16 nitrogen and oxygen atoms in total. The van der Waals surface area contributed by atoms with Gasteiger partial charge in [0.2, 0.25) is 11.8 Å². The highest BCUT2D eigenvalue weighted by atomic mass is 19.1. The Morgan fingerprint density at radius 1 is 0.641 bits per heavy atom. The number of ether oxygens (including phenoxy) is 1. The minimum absolute atomic E-state index is 0.0171. The molecule has 408 valence electrons. The normalized spacial score (nSPS) is 20.9. The number of aromatic amines is 2. The van der Waals surface area contributed by atoms with E-state index in [1.165, 1.54) is 35.6 Å². The minimum atomic E-state index is -1.25. The molecule has 0 unspecified atom stereocenters. The summed E-state index contributed by atoms with van der Waals surface area (Å²) in [5.74, 6) is -0.654. The second-order valence-electron chi connectivity index (χ2n) is 22.3. The first-order valence-electron chi connectivity index (χ1n) is 27.6. The molecule has 5 N–H and O–H groups in total. The average molecular weight is 1060 g/mol. The van der Waals surface area contributed by atoms with Crippen molar-refractivity contribution in [2.24, 2.45) is 11.8 Å². The van der Waals surface area contributed by atoms with Gasteiger partial charge in [-0.05, 0) is 133 Å². The number of nitrogens with zero attached hydrogens (tertiary/aromatic N) is 6. The van der Waals surface area contributed by atoms with Crippen LogP contribution in [0.4, 0.5) is 29.7 Å². The predicted molar refractivity (Wildman–Crippen MR) is 295 cm³/mol. The van der Waals surface area contributed by atoms with Crippen LogP contribution in [0, 0.1) is 23.5 Å². The highest BCUT2D eigenvalue weighted by Gasteiger charge is 2.41. The molecule has 78 heavy (non-hydrogen) atoms. The fourth-order valence-electron chi connectivity index (χ4n) is 13.0. The minimum Gasteiger partial charge on any atom is -0.465 e. The number of piperidine rings is 1. The van der Waals surface area contributed by atoms with Gasteiger partial charge in [0.25, 0.3) is 0 Å². The van der Waals surface area contributed by atoms with E-state index in [0.717, 1.165) is 47.8 Å². The maximum Gasteiger partial charge on any atom is 0.407 e. The number of carbonyl (C=O) groups is 4. The van der Waals surface area contributed by atoms with Gasteiger partial charge in [-0.3, -0.25) is 9.59 Å². The van der Waals surface area contributed by atoms with Crippen molar-refractivity contribution in [3.63, 3.8) is 0 Å². The number of rotatable bonds is 13. The molecule has 0 radical (unpaired) electrons. The zero-order valence-electron chi connectivity index (χ0n) is 44.8. The van der Waals surface area contributed by atoms with Gasteiger partial charge in [0, 0.05) is 31.9 Å². The van der Waals surface area contributed by atoms with Crippen molar-refractivity contribution in [2.75, 3.05) is 43.1 Å². The van der Waals surface area contributed by atoms with Crippen molar-refractivity contribution in [3.05, 3.63) is 131 Å². The highest BCUT2D eigenvalue weighted by molar-refractivity contribution is 5.88. The lowest BCUT2D eigenvalue weighted by Gasteiger charge is -2.36. The molecule has 4 fully saturated rings. The molecule has 6 atom stereocenters. The lowest BCUT2D eigenvalue weighted by molar-refractivity contribution is -0.136. The van der Waals surface area contributed by atoms with Gasteiger partial charge in [0.1, 0.15) is 29.4 Å². The molecule has 0 spiro atoms. The number of halogens is 2. The topological polar surface area (TPSA) is 192 Å². The molecule has 4 saturated heterocycles. The van der Waals surface area contributed by atoms with Gasteiger partial charge in [-0.15, -0.1) is 0 Å². The first-order valence-corrected chi connectivity index (χ1v) is 27.6. The number of nitrogens with one attached hydrogen (secondary N) is 4. The Balaban J connectivity index is 0.908. The van der Waals surface area contributed by atoms with Gasteiger partial charge in [-0.1, -0.05) is 82.3 Å². The summed E-state index contributed by atoms with van der Waals surface area (Å²) in [5.41, 5.74) is 6.41. The quantitative estimate of drug-likeness (QED) is 0.0742. The van der Waals surface area contributed by atoms with E-state index in [4.69, 9.17) is 14.7 Å². The standard InChI is InChI=1S/C60H68F2N10O6/c1-33(2)52(67-59(75)76)57(73)70-25-9-15-50(70)55-63-44-19-17-37(29-46(44)65-55)48-21-22-49(38-18-20-45-47(30-38)66-56(64-45)51-16-10-26-71(51)58(74)53(34(3)4)68-60(77)78-5)72(48)39-31-42(61)54(43(62)32-39)69-27-23-36(24-28-69)41-14-8-12-35-11-6-7-13-40(35)41/h6-8,11-14,17-20,29-34,36,48-53,67H,9-10,15-16,21-28H2,1-5H3,(H,63,65)(H,64,66)(H,68,77)(H,75,76)/t48-,49-,50+,51+,52+,53+/m1/s1. The number of fused-ring (bicyclic) bond motifs is 3. The Labute approximate surface area is 451 Å². The maximum absolute atomic E-state index is 17.0. The third-order valence-electron chi connectivity index (χ3n) is 16.9. The molecule has 5 aromatic carbocycles. The van der Waals surface area contributed by atoms with Crippen molar-refractivity contribution in [2.45, 2.75) is 121 Å². The Morgan fingerprint density at radius 3 is 1.69 bits per heavy atom. The van der Waals surface area contributed by atoms with Gasteiger partial charge >= 0.3 is 12.2 Å². The molecular formula is C60H68F2N10O6.